The van der Waals surface area contributed by atoms with E-state index in [4.69, 9.17) is 0 Å². The molecule has 4 aromatic rings. The lowest BCUT2D eigenvalue weighted by Crippen LogP contribution is -2.17. The van der Waals surface area contributed by atoms with Gasteiger partial charge in [-0.05, 0) is 66.9 Å². The molecular weight excluding hydrogens is 398 g/mol. The van der Waals surface area contributed by atoms with Gasteiger partial charge in [-0.2, -0.15) is 0 Å². The molecule has 0 aliphatic heterocycles. The number of aromatic nitrogens is 2. The van der Waals surface area contributed by atoms with E-state index in [1.165, 1.54) is 24.3 Å². The molecular formula is C24H20F2N4O. The molecule has 5 nitrogen and oxygen atoms in total. The van der Waals surface area contributed by atoms with E-state index in [1.807, 2.05) is 6.07 Å². The Morgan fingerprint density at radius 2 is 1.87 bits per heavy atom. The summed E-state index contributed by atoms with van der Waals surface area (Å²) in [6.45, 7) is 0.276. The Balaban J connectivity index is 1.45. The second kappa shape index (κ2) is 7.83. The number of amides is 1. The van der Waals surface area contributed by atoms with Gasteiger partial charge in [0.15, 0.2) is 0 Å². The fraction of sp³-hybridized carbons (Fsp3) is 0.167. The van der Waals surface area contributed by atoms with E-state index in [-0.39, 0.29) is 24.1 Å². The second-order valence-electron chi connectivity index (χ2n) is 7.75. The van der Waals surface area contributed by atoms with Crippen LogP contribution in [0.5, 0.6) is 0 Å². The summed E-state index contributed by atoms with van der Waals surface area (Å²) in [6, 6.07) is 16.3. The largest absolute Gasteiger partial charge is 0.367 e. The van der Waals surface area contributed by atoms with Crippen LogP contribution in [-0.2, 0) is 6.54 Å². The predicted octanol–water partition coefficient (Wildman–Crippen LogP) is 5.19. The number of carbonyl (C=O) groups excluding carboxylic acids is 1. The molecule has 2 aromatic carbocycles. The minimum atomic E-state index is -0.384. The Hall–Kier alpha value is -3.74. The van der Waals surface area contributed by atoms with Crippen LogP contribution in [0, 0.1) is 11.6 Å². The standard InChI is InChI=1S/C24H20F2N4O/c25-17-3-1-2-15(10-17)14-30-21-8-4-18(26)11-16(21)12-22(30)24(31)29-20-7-9-23(27-13-20)28-19-5-6-19/h1-4,7-13,19H,5-6,14H2,(H,27,28)(H,29,31). The molecule has 31 heavy (non-hydrogen) atoms. The summed E-state index contributed by atoms with van der Waals surface area (Å²) >= 11 is 0. The van der Waals surface area contributed by atoms with Crippen molar-refractivity contribution in [3.63, 3.8) is 0 Å². The van der Waals surface area contributed by atoms with Gasteiger partial charge in [-0.15, -0.1) is 0 Å². The first-order valence-electron chi connectivity index (χ1n) is 10.1. The maximum Gasteiger partial charge on any atom is 0.272 e. The third-order valence-corrected chi connectivity index (χ3v) is 5.28. The highest BCUT2D eigenvalue weighted by molar-refractivity contribution is 6.06. The Bertz CT molecular complexity index is 1260. The van der Waals surface area contributed by atoms with Crippen molar-refractivity contribution in [1.29, 1.82) is 0 Å². The van der Waals surface area contributed by atoms with Crippen LogP contribution < -0.4 is 10.6 Å². The highest BCUT2D eigenvalue weighted by Gasteiger charge is 2.21. The van der Waals surface area contributed by atoms with Crippen LogP contribution in [0.25, 0.3) is 10.9 Å². The van der Waals surface area contributed by atoms with E-state index < -0.39 is 0 Å². The molecule has 7 heteroatoms. The first-order chi connectivity index (χ1) is 15.0. The molecule has 0 unspecified atom stereocenters. The van der Waals surface area contributed by atoms with E-state index in [2.05, 4.69) is 15.6 Å². The molecule has 156 valence electrons. The van der Waals surface area contributed by atoms with E-state index >= 15 is 0 Å². The second-order valence-corrected chi connectivity index (χ2v) is 7.75. The van der Waals surface area contributed by atoms with Crippen molar-refractivity contribution in [2.75, 3.05) is 10.6 Å². The number of nitrogens with zero attached hydrogens (tertiary/aromatic N) is 2. The topological polar surface area (TPSA) is 59.0 Å². The monoisotopic (exact) mass is 418 g/mol. The lowest BCUT2D eigenvalue weighted by molar-refractivity contribution is 0.101. The van der Waals surface area contributed by atoms with Gasteiger partial charge < -0.3 is 15.2 Å². The maximum atomic E-state index is 13.8. The zero-order valence-electron chi connectivity index (χ0n) is 16.6. The van der Waals surface area contributed by atoms with Gasteiger partial charge in [0.25, 0.3) is 5.91 Å². The summed E-state index contributed by atoms with van der Waals surface area (Å²) in [5.74, 6) is -0.309. The average molecular weight is 418 g/mol. The number of fused-ring (bicyclic) bond motifs is 1. The number of hydrogen-bond donors (Lipinski definition) is 2. The SMILES string of the molecule is O=C(Nc1ccc(NC2CC2)nc1)c1cc2cc(F)ccc2n1Cc1cccc(F)c1. The molecule has 0 radical (unpaired) electrons. The zero-order chi connectivity index (χ0) is 21.4. The summed E-state index contributed by atoms with van der Waals surface area (Å²) in [5, 5.41) is 6.75. The smallest absolute Gasteiger partial charge is 0.272 e. The third kappa shape index (κ3) is 4.26. The highest BCUT2D eigenvalue weighted by atomic mass is 19.1. The lowest BCUT2D eigenvalue weighted by atomic mass is 10.2. The molecule has 2 heterocycles. The minimum Gasteiger partial charge on any atom is -0.367 e. The van der Waals surface area contributed by atoms with Crippen LogP contribution in [0.2, 0.25) is 0 Å². The minimum absolute atomic E-state index is 0.276. The van der Waals surface area contributed by atoms with Crippen molar-refractivity contribution in [3.8, 4) is 0 Å². The number of carbonyl (C=O) groups is 1. The highest BCUT2D eigenvalue weighted by Crippen LogP contribution is 2.25. The van der Waals surface area contributed by atoms with Gasteiger partial charge in [0.1, 0.15) is 23.1 Å². The van der Waals surface area contributed by atoms with E-state index in [1.54, 1.807) is 41.1 Å². The summed E-state index contributed by atoms with van der Waals surface area (Å²) in [7, 11) is 0. The third-order valence-electron chi connectivity index (χ3n) is 5.28. The normalized spacial score (nSPS) is 13.4. The van der Waals surface area contributed by atoms with Crippen molar-refractivity contribution < 1.29 is 13.6 Å². The summed E-state index contributed by atoms with van der Waals surface area (Å²) in [6.07, 6.45) is 3.90. The summed E-state index contributed by atoms with van der Waals surface area (Å²) in [5.41, 5.74) is 2.30. The molecule has 1 aliphatic rings. The Morgan fingerprint density at radius 3 is 2.61 bits per heavy atom. The number of rotatable bonds is 6. The van der Waals surface area contributed by atoms with Gasteiger partial charge in [-0.25, -0.2) is 13.8 Å². The average Bonchev–Trinajstić information content (AvgIpc) is 3.50. The van der Waals surface area contributed by atoms with Crippen molar-refractivity contribution in [1.82, 2.24) is 9.55 Å². The van der Waals surface area contributed by atoms with Crippen LogP contribution >= 0.6 is 0 Å². The van der Waals surface area contributed by atoms with Crippen LogP contribution in [-0.4, -0.2) is 21.5 Å². The van der Waals surface area contributed by atoms with E-state index in [0.29, 0.717) is 33.9 Å². The van der Waals surface area contributed by atoms with Gasteiger partial charge in [0, 0.05) is 23.5 Å². The fourth-order valence-corrected chi connectivity index (χ4v) is 3.60. The molecule has 0 spiro atoms. The number of hydrogen-bond acceptors (Lipinski definition) is 3. The summed E-state index contributed by atoms with van der Waals surface area (Å²) < 4.78 is 29.2. The van der Waals surface area contributed by atoms with Crippen molar-refractivity contribution in [3.05, 3.63) is 89.8 Å². The van der Waals surface area contributed by atoms with Crippen LogP contribution in [0.1, 0.15) is 28.9 Å². The van der Waals surface area contributed by atoms with Crippen LogP contribution in [0.15, 0.2) is 66.9 Å². The number of anilines is 2. The molecule has 1 saturated carbocycles. The van der Waals surface area contributed by atoms with Crippen molar-refractivity contribution in [2.24, 2.45) is 0 Å². The Morgan fingerprint density at radius 1 is 1.03 bits per heavy atom. The van der Waals surface area contributed by atoms with Gasteiger partial charge in [0.2, 0.25) is 0 Å². The summed E-state index contributed by atoms with van der Waals surface area (Å²) in [4.78, 5) is 17.4. The number of pyridine rings is 1. The van der Waals surface area contributed by atoms with Crippen molar-refractivity contribution >= 4 is 28.3 Å². The predicted molar refractivity (Wildman–Crippen MR) is 116 cm³/mol. The number of benzene rings is 2. The molecule has 1 amide bonds. The molecule has 1 aliphatic carbocycles. The van der Waals surface area contributed by atoms with Crippen molar-refractivity contribution in [2.45, 2.75) is 25.4 Å². The number of halogens is 2. The van der Waals surface area contributed by atoms with Gasteiger partial charge in [0.05, 0.1) is 11.9 Å². The molecule has 1 fully saturated rings. The molecule has 5 rings (SSSR count). The van der Waals surface area contributed by atoms with Gasteiger partial charge in [-0.1, -0.05) is 12.1 Å². The van der Waals surface area contributed by atoms with Crippen LogP contribution in [0.3, 0.4) is 0 Å². The zero-order valence-corrected chi connectivity index (χ0v) is 16.6. The van der Waals surface area contributed by atoms with E-state index in [9.17, 15) is 13.6 Å². The first kappa shape index (κ1) is 19.2. The number of nitrogens with one attached hydrogen (secondary N) is 2. The Kier molecular flexibility index (Phi) is 4.86. The molecule has 2 N–H and O–H groups in total. The Labute approximate surface area is 177 Å². The lowest BCUT2D eigenvalue weighted by Gasteiger charge is -2.12. The quantitative estimate of drug-likeness (QED) is 0.453. The van der Waals surface area contributed by atoms with Gasteiger partial charge in [-0.3, -0.25) is 4.79 Å². The molecule has 0 saturated heterocycles. The van der Waals surface area contributed by atoms with E-state index in [0.717, 1.165) is 18.7 Å². The maximum absolute atomic E-state index is 13.8. The van der Waals surface area contributed by atoms with Crippen LogP contribution in [0.4, 0.5) is 20.3 Å². The fourth-order valence-electron chi connectivity index (χ4n) is 3.60. The van der Waals surface area contributed by atoms with Gasteiger partial charge >= 0.3 is 0 Å². The molecule has 0 atom stereocenters. The first-order valence-corrected chi connectivity index (χ1v) is 10.1. The molecule has 0 bridgehead atoms. The molecule has 2 aromatic heterocycles.